The zero-order valence-corrected chi connectivity index (χ0v) is 10.1. The lowest BCUT2D eigenvalue weighted by molar-refractivity contribution is 0.435. The van der Waals surface area contributed by atoms with E-state index in [9.17, 15) is 0 Å². The maximum Gasteiger partial charge on any atom is 0.169 e. The van der Waals surface area contributed by atoms with Crippen LogP contribution in [0.2, 0.25) is 0 Å². The Morgan fingerprint density at radius 2 is 2.06 bits per heavy atom. The molecule has 18 heavy (non-hydrogen) atoms. The monoisotopic (exact) mass is 242 g/mol. The summed E-state index contributed by atoms with van der Waals surface area (Å²) >= 11 is 0. The summed E-state index contributed by atoms with van der Waals surface area (Å²) in [6.45, 7) is 1.78. The molecule has 5 heteroatoms. The van der Waals surface area contributed by atoms with Gasteiger partial charge in [0.1, 0.15) is 5.84 Å². The van der Waals surface area contributed by atoms with E-state index in [2.05, 4.69) is 15.0 Å². The van der Waals surface area contributed by atoms with Crippen LogP contribution in [-0.2, 0) is 0 Å². The Balaban J connectivity index is 2.11. The molecule has 92 valence electrons. The van der Waals surface area contributed by atoms with E-state index in [1.54, 1.807) is 6.07 Å². The highest BCUT2D eigenvalue weighted by atomic mass is 16.5. The van der Waals surface area contributed by atoms with Crippen molar-refractivity contribution in [2.45, 2.75) is 0 Å². The number of hydrogen-bond donors (Lipinski definition) is 1. The smallest absolute Gasteiger partial charge is 0.169 e. The Morgan fingerprint density at radius 3 is 2.67 bits per heavy atom. The molecule has 0 radical (unpaired) electrons. The molecule has 1 aromatic carbocycles. The molecule has 0 bridgehead atoms. The fourth-order valence-electron chi connectivity index (χ4n) is 2.13. The number of anilines is 1. The van der Waals surface area contributed by atoms with Gasteiger partial charge in [0.2, 0.25) is 0 Å². The van der Waals surface area contributed by atoms with Crippen molar-refractivity contribution in [1.82, 2.24) is 10.1 Å². The van der Waals surface area contributed by atoms with E-state index < -0.39 is 0 Å². The molecular weight excluding hydrogens is 228 g/mol. The van der Waals surface area contributed by atoms with Gasteiger partial charge in [-0.25, -0.2) is 0 Å². The maximum absolute atomic E-state index is 5.60. The minimum atomic E-state index is 0.390. The fraction of sp³-hybridized carbons (Fsp3) is 0.231. The number of likely N-dealkylation sites (N-methyl/N-ethyl adjacent to an activating group) is 1. The average Bonchev–Trinajstić information content (AvgIpc) is 2.98. The Bertz CT molecular complexity index is 603. The molecule has 0 unspecified atom stereocenters. The Hall–Kier alpha value is -2.30. The van der Waals surface area contributed by atoms with Gasteiger partial charge in [0.25, 0.3) is 0 Å². The Labute approximate surface area is 105 Å². The largest absolute Gasteiger partial charge is 0.381 e. The van der Waals surface area contributed by atoms with Crippen molar-refractivity contribution in [1.29, 1.82) is 0 Å². The van der Waals surface area contributed by atoms with Gasteiger partial charge in [-0.1, -0.05) is 29.4 Å². The number of nitrogens with zero attached hydrogens (tertiary/aromatic N) is 3. The van der Waals surface area contributed by atoms with Crippen LogP contribution in [0.3, 0.4) is 0 Å². The second-order valence-corrected chi connectivity index (χ2v) is 4.29. The highest BCUT2D eigenvalue weighted by Crippen LogP contribution is 2.27. The first-order valence-electron chi connectivity index (χ1n) is 5.83. The summed E-state index contributed by atoms with van der Waals surface area (Å²) in [6.07, 6.45) is 0. The van der Waals surface area contributed by atoms with Crippen molar-refractivity contribution >= 4 is 11.7 Å². The summed E-state index contributed by atoms with van der Waals surface area (Å²) in [4.78, 5) is 6.67. The van der Waals surface area contributed by atoms with Crippen molar-refractivity contribution in [2.24, 2.45) is 4.99 Å². The summed E-state index contributed by atoms with van der Waals surface area (Å²) < 4.78 is 5.24. The average molecular weight is 242 g/mol. The van der Waals surface area contributed by atoms with E-state index >= 15 is 0 Å². The number of aliphatic imine (C=N–C) groups is 1. The predicted octanol–water partition coefficient (Wildman–Crippen LogP) is 1.62. The van der Waals surface area contributed by atoms with Crippen LogP contribution in [0.1, 0.15) is 5.56 Å². The lowest BCUT2D eigenvalue weighted by Gasteiger charge is -2.15. The summed E-state index contributed by atoms with van der Waals surface area (Å²) in [7, 11) is 2.04. The molecule has 1 aliphatic rings. The number of nitrogen functional groups attached to an aromatic ring is 1. The van der Waals surface area contributed by atoms with Gasteiger partial charge < -0.3 is 15.2 Å². The molecule has 0 atom stereocenters. The van der Waals surface area contributed by atoms with Gasteiger partial charge in [-0.05, 0) is 0 Å². The summed E-state index contributed by atoms with van der Waals surface area (Å²) in [5, 5.41) is 3.73. The zero-order chi connectivity index (χ0) is 12.5. The lowest BCUT2D eigenvalue weighted by Crippen LogP contribution is -2.23. The molecule has 2 heterocycles. The molecule has 2 N–H and O–H groups in total. The molecule has 0 spiro atoms. The van der Waals surface area contributed by atoms with Crippen LogP contribution in [-0.4, -0.2) is 36.0 Å². The van der Waals surface area contributed by atoms with Gasteiger partial charge in [0.05, 0.1) is 6.54 Å². The summed E-state index contributed by atoms with van der Waals surface area (Å²) in [6, 6.07) is 9.72. The number of nitrogens with two attached hydrogens (primary N) is 1. The van der Waals surface area contributed by atoms with E-state index in [1.807, 2.05) is 31.3 Å². The normalized spacial score (nSPS) is 14.9. The third-order valence-corrected chi connectivity index (χ3v) is 3.02. The topological polar surface area (TPSA) is 67.7 Å². The van der Waals surface area contributed by atoms with Crippen LogP contribution in [0, 0.1) is 0 Å². The molecule has 0 saturated carbocycles. The van der Waals surface area contributed by atoms with Crippen LogP contribution in [0.15, 0.2) is 39.8 Å². The predicted molar refractivity (Wildman–Crippen MR) is 70.4 cm³/mol. The Morgan fingerprint density at radius 1 is 1.28 bits per heavy atom. The summed E-state index contributed by atoms with van der Waals surface area (Å²) in [5.74, 6) is 2.05. The van der Waals surface area contributed by atoms with E-state index in [-0.39, 0.29) is 0 Å². The third-order valence-electron chi connectivity index (χ3n) is 3.02. The Kier molecular flexibility index (Phi) is 2.51. The van der Waals surface area contributed by atoms with Crippen molar-refractivity contribution in [3.05, 3.63) is 35.9 Å². The van der Waals surface area contributed by atoms with E-state index in [0.717, 1.165) is 30.1 Å². The van der Waals surface area contributed by atoms with Gasteiger partial charge in [-0.3, -0.25) is 4.99 Å². The lowest BCUT2D eigenvalue weighted by atomic mass is 10.0. The zero-order valence-electron chi connectivity index (χ0n) is 10.1. The van der Waals surface area contributed by atoms with Gasteiger partial charge in [-0.15, -0.1) is 0 Å². The van der Waals surface area contributed by atoms with Crippen LogP contribution in [0.4, 0.5) is 5.82 Å². The third kappa shape index (κ3) is 1.73. The number of rotatable bonds is 2. The number of benzene rings is 1. The first-order valence-corrected chi connectivity index (χ1v) is 5.83. The van der Waals surface area contributed by atoms with Crippen molar-refractivity contribution in [2.75, 3.05) is 25.9 Å². The number of hydrogen-bond acceptors (Lipinski definition) is 5. The molecule has 0 fully saturated rings. The summed E-state index contributed by atoms with van der Waals surface area (Å²) in [5.41, 5.74) is 7.62. The molecule has 1 aromatic heterocycles. The molecule has 5 nitrogen and oxygen atoms in total. The van der Waals surface area contributed by atoms with E-state index in [0.29, 0.717) is 11.6 Å². The van der Waals surface area contributed by atoms with Crippen molar-refractivity contribution < 1.29 is 4.52 Å². The second kappa shape index (κ2) is 4.18. The fourth-order valence-corrected chi connectivity index (χ4v) is 2.13. The second-order valence-electron chi connectivity index (χ2n) is 4.29. The highest BCUT2D eigenvalue weighted by Gasteiger charge is 2.19. The van der Waals surface area contributed by atoms with Crippen LogP contribution >= 0.6 is 0 Å². The number of amidine groups is 1. The van der Waals surface area contributed by atoms with Crippen molar-refractivity contribution in [3.8, 4) is 11.3 Å². The SMILES string of the molecule is CN1CCN=C1c1ccccc1-c1cc(N)no1. The molecule has 0 aliphatic carbocycles. The first-order chi connectivity index (χ1) is 8.75. The van der Waals surface area contributed by atoms with Gasteiger partial charge in [0.15, 0.2) is 11.6 Å². The first kappa shape index (κ1) is 10.8. The maximum atomic E-state index is 5.60. The van der Waals surface area contributed by atoms with Crippen LogP contribution in [0.25, 0.3) is 11.3 Å². The molecule has 0 amide bonds. The van der Waals surface area contributed by atoms with Crippen LogP contribution < -0.4 is 5.73 Å². The van der Waals surface area contributed by atoms with Crippen molar-refractivity contribution in [3.63, 3.8) is 0 Å². The standard InChI is InChI=1S/C13H14N4O/c1-17-7-6-15-13(17)10-5-3-2-4-9(10)11-8-12(14)16-18-11/h2-5,8H,6-7H2,1H3,(H2,14,16). The minimum Gasteiger partial charge on any atom is -0.381 e. The van der Waals surface area contributed by atoms with Gasteiger partial charge in [-0.2, -0.15) is 0 Å². The van der Waals surface area contributed by atoms with Gasteiger partial charge >= 0.3 is 0 Å². The molecular formula is C13H14N4O. The van der Waals surface area contributed by atoms with Crippen LogP contribution in [0.5, 0.6) is 0 Å². The molecule has 1 aliphatic heterocycles. The highest BCUT2D eigenvalue weighted by molar-refractivity contribution is 6.04. The van der Waals surface area contributed by atoms with E-state index in [1.165, 1.54) is 0 Å². The molecule has 3 rings (SSSR count). The quantitative estimate of drug-likeness (QED) is 0.868. The molecule has 2 aromatic rings. The van der Waals surface area contributed by atoms with Gasteiger partial charge in [0, 0.05) is 30.8 Å². The number of aromatic nitrogens is 1. The molecule has 0 saturated heterocycles. The van der Waals surface area contributed by atoms with E-state index in [4.69, 9.17) is 10.3 Å². The minimum absolute atomic E-state index is 0.390.